The maximum Gasteiger partial charge on any atom is 0.333 e. The second-order valence-electron chi connectivity index (χ2n) is 37.8. The molecule has 0 saturated carbocycles. The van der Waals surface area contributed by atoms with E-state index in [0.717, 1.165) is 116 Å². The SMILES string of the molecule is C#Cc1cccc(Nc2ncnc3cc(OCCOC)c(OCCOC)cc23)c1.C#Cc1cnc2ccccc2c1NC(C)(C)C.CC(C)(C)Nc1ccnc2ccccc12.CC(C)(C)c1ccnc2ccccc12.CCOc1cc2ncc(C#N)c(Nc3ccc(F)c(Cl)c3)c2cc1CC(=O)/C=C/CN(C)C.Cn1c(=O)n(-c2ccc(C(C)(C)C#N)cc2)c2c3cc(-c4cnc5ccccc5c4)ccc3ncc21. The number of halogens is 2. The van der Waals surface area contributed by atoms with E-state index in [-0.39, 0.29) is 39.4 Å². The van der Waals surface area contributed by atoms with E-state index in [9.17, 15) is 24.5 Å². The smallest absolute Gasteiger partial charge is 0.333 e. The summed E-state index contributed by atoms with van der Waals surface area (Å²) in [6, 6.07) is 76.0. The van der Waals surface area contributed by atoms with Gasteiger partial charge in [-0.15, -0.1) is 12.8 Å². The number of nitrogens with one attached hydrogen (secondary N) is 4. The monoisotopic (exact) mass is 1940 g/mol. The molecule has 0 unspecified atom stereocenters. The van der Waals surface area contributed by atoms with E-state index in [4.69, 9.17) is 48.1 Å². The van der Waals surface area contributed by atoms with Crippen LogP contribution in [0.5, 0.6) is 17.2 Å². The number of imidazole rings is 1. The van der Waals surface area contributed by atoms with Crippen LogP contribution in [0.4, 0.5) is 38.6 Å². The zero-order valence-electron chi connectivity index (χ0n) is 84.1. The topological polar surface area (TPSA) is 292 Å². The number of aromatic nitrogens is 10. The third-order valence-electron chi connectivity index (χ3n) is 22.9. The molecule has 10 aromatic carbocycles. The Morgan fingerprint density at radius 3 is 1.78 bits per heavy atom. The third-order valence-corrected chi connectivity index (χ3v) is 23.2. The molecule has 0 aliphatic heterocycles. The van der Waals surface area contributed by atoms with Gasteiger partial charge in [-0.05, 0) is 220 Å². The van der Waals surface area contributed by atoms with Crippen molar-refractivity contribution < 1.29 is 32.9 Å². The number of allylic oxidation sites excluding steroid dienone is 1. The van der Waals surface area contributed by atoms with E-state index < -0.39 is 11.2 Å². The molecule has 8 aromatic heterocycles. The van der Waals surface area contributed by atoms with Crippen LogP contribution < -0.4 is 41.2 Å². The Labute approximate surface area is 844 Å². The number of nitriles is 2. The van der Waals surface area contributed by atoms with Crippen LogP contribution in [0.2, 0.25) is 5.02 Å². The quantitative estimate of drug-likeness (QED) is 0.0248. The van der Waals surface area contributed by atoms with Gasteiger partial charge in [0.25, 0.3) is 0 Å². The number of hydrogen-bond acceptors (Lipinski definition) is 22. The number of terminal acetylenes is 2. The number of fused-ring (bicyclic) bond motifs is 9. The van der Waals surface area contributed by atoms with Crippen LogP contribution in [0.25, 0.3) is 104 Å². The first-order chi connectivity index (χ1) is 69.1. The molecule has 0 amide bonds. The predicted octanol–water partition coefficient (Wildman–Crippen LogP) is 25.0. The fourth-order valence-corrected chi connectivity index (χ4v) is 16.0. The van der Waals surface area contributed by atoms with Crippen molar-refractivity contribution in [2.75, 3.05) is 89.2 Å². The number of carbonyl (C=O) groups excluding carboxylic acids is 1. The number of nitrogens with zero attached hydrogens (tertiary/aromatic N) is 13. The zero-order valence-corrected chi connectivity index (χ0v) is 84.8. The van der Waals surface area contributed by atoms with Crippen molar-refractivity contribution in [3.63, 3.8) is 0 Å². The number of para-hydroxylation sites is 4. The molecule has 18 aromatic rings. The average Bonchev–Trinajstić information content (AvgIpc) is 1.58. The van der Waals surface area contributed by atoms with Gasteiger partial charge in [0.05, 0.1) is 120 Å². The molecule has 0 aliphatic carbocycles. The lowest BCUT2D eigenvalue weighted by Gasteiger charge is -2.24. The van der Waals surface area contributed by atoms with Crippen molar-refractivity contribution in [1.29, 1.82) is 10.5 Å². The minimum absolute atomic E-state index is 0.0320. The van der Waals surface area contributed by atoms with Gasteiger partial charge in [-0.2, -0.15) is 10.5 Å². The fourth-order valence-electron chi connectivity index (χ4n) is 15.8. The number of carbonyl (C=O) groups is 1. The minimum atomic E-state index is -0.609. The summed E-state index contributed by atoms with van der Waals surface area (Å²) < 4.78 is 44.5. The van der Waals surface area contributed by atoms with Crippen LogP contribution in [0.15, 0.2) is 285 Å². The van der Waals surface area contributed by atoms with E-state index in [0.29, 0.717) is 96.1 Å². The normalized spacial score (nSPS) is 11.3. The second-order valence-corrected chi connectivity index (χ2v) is 38.2. The van der Waals surface area contributed by atoms with Gasteiger partial charge in [0, 0.05) is 160 Å². The Hall–Kier alpha value is -16.5. The highest BCUT2D eigenvalue weighted by Crippen LogP contribution is 2.40. The van der Waals surface area contributed by atoms with Gasteiger partial charge < -0.3 is 49.9 Å². The molecule has 18 rings (SSSR count). The van der Waals surface area contributed by atoms with Crippen molar-refractivity contribution in [3.8, 4) is 70.9 Å². The summed E-state index contributed by atoms with van der Waals surface area (Å²) in [5.41, 5.74) is 18.7. The number of methoxy groups -OCH3 is 2. The van der Waals surface area contributed by atoms with Gasteiger partial charge in [0.2, 0.25) is 0 Å². The number of aryl methyl sites for hydroxylation is 1. The number of likely N-dealkylation sites (N-methyl/N-ethyl adjacent to an activating group) is 1. The van der Waals surface area contributed by atoms with E-state index in [1.807, 2.05) is 210 Å². The number of hydrogen-bond donors (Lipinski definition) is 4. The standard InChI is InChI=1S/C30H23N5O.C25H24ClFN4O2.C22H23N3O4.C15H16N2.C13H16N2.C13H15N/c1-30(2,18-31)22-9-11-23(12-10-22)35-28-24-15-19(21-14-20-6-4-5-7-25(20)32-16-21)8-13-26(24)33-17-27(28)34(3)29(35)36;1-4-33-24-13-23-20(11-16(24)10-19(32)6-5-9-31(2)3)25(17(14-28)15-29-23)30-18-7-8-22(27)21(26)12-18;1-4-16-6-5-7-17(12-16)25-22-18-13-20(28-10-8-26-2)21(29-11-9-27-3)14-19(18)23-15-24-22;1-5-11-10-16-13-9-7-6-8-12(13)14(11)17-15(2,3)4;1-13(2,3)15-12-8-9-14-11-7-5-4-6-10(11)12;1-13(2,3)11-8-9-14-12-7-5-4-6-10(11)12/h4-17H,1-3H3;5-8,11-13,15H,4,9-10H2,1-3H3,(H,29,30);1,5-7,12-15H,8-11H2,2-3H3,(H,23,24,25);1,6-10H,2-4H3,(H,16,17);4-9H,1-3H3,(H,14,15);4-9H,1-3H3/b;6-5+;;;;. The molecule has 0 aliphatic rings. The predicted molar refractivity (Wildman–Crippen MR) is 582 cm³/mol. The first-order valence-electron chi connectivity index (χ1n) is 47.0. The van der Waals surface area contributed by atoms with E-state index in [1.165, 1.54) is 47.1 Å². The Bertz CT molecular complexity index is 7940. The lowest BCUT2D eigenvalue weighted by Crippen LogP contribution is -2.26. The summed E-state index contributed by atoms with van der Waals surface area (Å²) in [5, 5.41) is 39.4. The number of ether oxygens (including phenoxy) is 5. The number of benzene rings is 10. The summed E-state index contributed by atoms with van der Waals surface area (Å²) in [5.74, 6) is 7.09. The summed E-state index contributed by atoms with van der Waals surface area (Å²) in [4.78, 5) is 63.4. The van der Waals surface area contributed by atoms with Crippen LogP contribution in [0, 0.1) is 53.2 Å². The lowest BCUT2D eigenvalue weighted by atomic mass is 9.85. The van der Waals surface area contributed by atoms with Crippen molar-refractivity contribution >= 4 is 139 Å². The van der Waals surface area contributed by atoms with E-state index in [2.05, 4.69) is 196 Å². The van der Waals surface area contributed by atoms with Gasteiger partial charge in [-0.25, -0.2) is 19.2 Å². The van der Waals surface area contributed by atoms with Gasteiger partial charge in [-0.3, -0.25) is 43.8 Å². The van der Waals surface area contributed by atoms with Crippen LogP contribution in [0.3, 0.4) is 0 Å². The molecule has 0 fully saturated rings. The van der Waals surface area contributed by atoms with Crippen molar-refractivity contribution in [2.24, 2.45) is 7.05 Å². The van der Waals surface area contributed by atoms with Crippen LogP contribution >= 0.6 is 11.6 Å². The van der Waals surface area contributed by atoms with Gasteiger partial charge in [0.1, 0.15) is 43.0 Å². The van der Waals surface area contributed by atoms with Crippen LogP contribution in [0.1, 0.15) is 116 Å². The maximum atomic E-state index is 13.6. The highest BCUT2D eigenvalue weighted by atomic mass is 35.5. The highest BCUT2D eigenvalue weighted by molar-refractivity contribution is 6.31. The molecule has 8 heterocycles. The second kappa shape index (κ2) is 47.6. The Balaban J connectivity index is 0.000000150. The molecule has 0 atom stereocenters. The van der Waals surface area contributed by atoms with Crippen molar-refractivity contribution in [1.82, 2.24) is 53.9 Å². The molecule has 24 nitrogen and oxygen atoms in total. The zero-order chi connectivity index (χ0) is 103. The van der Waals surface area contributed by atoms with Crippen molar-refractivity contribution in [2.45, 2.75) is 111 Å². The highest BCUT2D eigenvalue weighted by Gasteiger charge is 2.25. The first kappa shape index (κ1) is 105. The molecular weight excluding hydrogens is 1820 g/mol. The number of pyridine rings is 6. The van der Waals surface area contributed by atoms with Gasteiger partial charge >= 0.3 is 5.69 Å². The summed E-state index contributed by atoms with van der Waals surface area (Å²) in [7, 11) is 8.86. The summed E-state index contributed by atoms with van der Waals surface area (Å²) in [6.07, 6.45) is 26.6. The largest absolute Gasteiger partial charge is 0.494 e. The summed E-state index contributed by atoms with van der Waals surface area (Å²) >= 11 is 5.92. The fraction of sp³-hybridized carbons (Fsp3) is 0.237. The third kappa shape index (κ3) is 26.8. The molecule has 0 spiro atoms. The van der Waals surface area contributed by atoms with Gasteiger partial charge in [0.15, 0.2) is 17.3 Å². The van der Waals surface area contributed by atoms with Gasteiger partial charge in [-0.1, -0.05) is 147 Å². The Kier molecular flexibility index (Phi) is 34.7. The molecular formula is C118H117ClFN17O7. The molecule has 730 valence electrons. The maximum absolute atomic E-state index is 13.6. The average molecular weight is 1940 g/mol. The van der Waals surface area contributed by atoms with Crippen molar-refractivity contribution in [3.05, 3.63) is 335 Å². The van der Waals surface area contributed by atoms with E-state index in [1.54, 1.807) is 61.0 Å². The Morgan fingerprint density at radius 1 is 0.528 bits per heavy atom. The van der Waals surface area contributed by atoms with Crippen LogP contribution in [-0.2, 0) is 38.6 Å². The molecule has 144 heavy (non-hydrogen) atoms. The first-order valence-corrected chi connectivity index (χ1v) is 47.3. The number of ketones is 1. The summed E-state index contributed by atoms with van der Waals surface area (Å²) in [6.45, 7) is 27.9. The van der Waals surface area contributed by atoms with E-state index >= 15 is 0 Å². The minimum Gasteiger partial charge on any atom is -0.494 e. The molecule has 4 N–H and O–H groups in total. The number of rotatable bonds is 24. The molecule has 26 heteroatoms. The molecule has 0 bridgehead atoms. The number of anilines is 6. The van der Waals surface area contributed by atoms with Crippen LogP contribution in [-0.4, -0.2) is 139 Å². The molecule has 0 saturated heterocycles. The molecule has 0 radical (unpaired) electrons. The Morgan fingerprint density at radius 2 is 1.13 bits per heavy atom. The lowest BCUT2D eigenvalue weighted by molar-refractivity contribution is -0.114.